The van der Waals surface area contributed by atoms with Crippen molar-refractivity contribution in [3.63, 3.8) is 0 Å². The molecule has 1 fully saturated rings. The van der Waals surface area contributed by atoms with Gasteiger partial charge in [-0.25, -0.2) is 9.59 Å². The van der Waals surface area contributed by atoms with Crippen molar-refractivity contribution in [2.75, 3.05) is 6.54 Å². The number of aliphatic carboxylic acids is 1. The van der Waals surface area contributed by atoms with Gasteiger partial charge in [0.05, 0.1) is 6.10 Å². The fraction of sp³-hybridized carbons (Fsp3) is 0.882. The molecule has 1 rings (SSSR count). The monoisotopic (exact) mass is 359 g/mol. The van der Waals surface area contributed by atoms with Gasteiger partial charge in [0.2, 0.25) is 0 Å². The smallest absolute Gasteiger partial charge is 0.411 e. The molecule has 0 bridgehead atoms. The van der Waals surface area contributed by atoms with Crippen LogP contribution < -0.4 is 0 Å². The topological polar surface area (TPSA) is 76.1 Å². The predicted molar refractivity (Wildman–Crippen MR) is 95.7 cm³/mol. The molecule has 0 saturated carbocycles. The van der Waals surface area contributed by atoms with E-state index < -0.39 is 37.6 Å². The molecule has 0 aromatic heterocycles. The Bertz CT molecular complexity index is 506. The van der Waals surface area contributed by atoms with E-state index in [9.17, 15) is 14.7 Å². The molecule has 1 saturated heterocycles. The standard InChI is InChI=1S/C17H33NO5Si/c1-15(2,3)22-14(21)18-11-10-12(17(18,7)13(19)20)23-24(8,9)16(4,5)6/h12H,10-11H2,1-9H3,(H,19,20)/t12-,17-/m0/s1. The zero-order valence-corrected chi connectivity index (χ0v) is 17.5. The third kappa shape index (κ3) is 4.11. The number of carbonyl (C=O) groups is 2. The van der Waals surface area contributed by atoms with Crippen LogP contribution in [-0.4, -0.2) is 54.2 Å². The van der Waals surface area contributed by atoms with Gasteiger partial charge in [-0.3, -0.25) is 4.90 Å². The van der Waals surface area contributed by atoms with Crippen molar-refractivity contribution in [1.29, 1.82) is 0 Å². The van der Waals surface area contributed by atoms with Crippen LogP contribution in [0.15, 0.2) is 0 Å². The molecule has 1 aliphatic rings. The Morgan fingerprint density at radius 2 is 1.67 bits per heavy atom. The van der Waals surface area contributed by atoms with Crippen LogP contribution in [0, 0.1) is 0 Å². The van der Waals surface area contributed by atoms with E-state index in [1.807, 2.05) is 0 Å². The molecule has 2 atom stereocenters. The minimum atomic E-state index is -2.16. The quantitative estimate of drug-likeness (QED) is 0.774. The highest BCUT2D eigenvalue weighted by Gasteiger charge is 2.57. The van der Waals surface area contributed by atoms with Crippen LogP contribution in [0.4, 0.5) is 4.79 Å². The second-order valence-corrected chi connectivity index (χ2v) is 14.0. The van der Waals surface area contributed by atoms with Gasteiger partial charge in [-0.15, -0.1) is 0 Å². The third-order valence-electron chi connectivity index (χ3n) is 5.09. The molecule has 140 valence electrons. The van der Waals surface area contributed by atoms with E-state index in [0.29, 0.717) is 13.0 Å². The Morgan fingerprint density at radius 3 is 2.04 bits per heavy atom. The van der Waals surface area contributed by atoms with Crippen LogP contribution in [0.2, 0.25) is 18.1 Å². The maximum absolute atomic E-state index is 12.5. The average molecular weight is 360 g/mol. The van der Waals surface area contributed by atoms with Crippen molar-refractivity contribution in [2.45, 2.75) is 90.3 Å². The number of nitrogens with zero attached hydrogens (tertiary/aromatic N) is 1. The first-order valence-corrected chi connectivity index (χ1v) is 11.3. The molecule has 0 aliphatic carbocycles. The van der Waals surface area contributed by atoms with Gasteiger partial charge >= 0.3 is 12.1 Å². The molecule has 0 unspecified atom stereocenters. The van der Waals surface area contributed by atoms with Crippen molar-refractivity contribution in [2.24, 2.45) is 0 Å². The molecule has 7 heteroatoms. The number of hydrogen-bond acceptors (Lipinski definition) is 4. The lowest BCUT2D eigenvalue weighted by molar-refractivity contribution is -0.152. The number of rotatable bonds is 3. The highest BCUT2D eigenvalue weighted by atomic mass is 28.4. The normalized spacial score (nSPS) is 25.7. The minimum Gasteiger partial charge on any atom is -0.479 e. The number of carboxylic acids is 1. The fourth-order valence-electron chi connectivity index (χ4n) is 2.49. The summed E-state index contributed by atoms with van der Waals surface area (Å²) in [7, 11) is -2.16. The lowest BCUT2D eigenvalue weighted by Gasteiger charge is -2.43. The van der Waals surface area contributed by atoms with Crippen LogP contribution in [-0.2, 0) is 14.0 Å². The molecule has 0 aromatic carbocycles. The summed E-state index contributed by atoms with van der Waals surface area (Å²) in [5.41, 5.74) is -2.09. The third-order valence-corrected chi connectivity index (χ3v) is 9.58. The molecular formula is C17H33NO5Si. The summed E-state index contributed by atoms with van der Waals surface area (Å²) in [6.07, 6.45) is -0.647. The summed E-state index contributed by atoms with van der Waals surface area (Å²) in [5, 5.41) is 9.81. The maximum atomic E-state index is 12.5. The molecule has 0 aromatic rings. The summed E-state index contributed by atoms with van der Waals surface area (Å²) in [6.45, 7) is 17.7. The Morgan fingerprint density at radius 1 is 1.17 bits per heavy atom. The Hall–Kier alpha value is -1.08. The first-order valence-electron chi connectivity index (χ1n) is 8.44. The van der Waals surface area contributed by atoms with E-state index in [1.54, 1.807) is 27.7 Å². The van der Waals surface area contributed by atoms with Crippen molar-refractivity contribution >= 4 is 20.4 Å². The second-order valence-electron chi connectivity index (χ2n) is 9.24. The van der Waals surface area contributed by atoms with Crippen molar-refractivity contribution in [3.8, 4) is 0 Å². The van der Waals surface area contributed by atoms with Crippen molar-refractivity contribution in [1.82, 2.24) is 4.90 Å². The maximum Gasteiger partial charge on any atom is 0.411 e. The molecule has 1 amide bonds. The molecule has 0 radical (unpaired) electrons. The van der Waals surface area contributed by atoms with Crippen LogP contribution in [0.3, 0.4) is 0 Å². The molecule has 1 aliphatic heterocycles. The molecular weight excluding hydrogens is 326 g/mol. The summed E-state index contributed by atoms with van der Waals surface area (Å²) in [6, 6.07) is 0. The molecule has 1 heterocycles. The van der Waals surface area contributed by atoms with Gasteiger partial charge in [-0.1, -0.05) is 20.8 Å². The van der Waals surface area contributed by atoms with E-state index >= 15 is 0 Å². The first-order chi connectivity index (χ1) is 10.5. The minimum absolute atomic E-state index is 0.0360. The van der Waals surface area contributed by atoms with Gasteiger partial charge in [0.15, 0.2) is 13.9 Å². The van der Waals surface area contributed by atoms with Crippen molar-refractivity contribution in [3.05, 3.63) is 0 Å². The van der Waals surface area contributed by atoms with Gasteiger partial charge in [0, 0.05) is 6.54 Å². The predicted octanol–water partition coefficient (Wildman–Crippen LogP) is 3.86. The van der Waals surface area contributed by atoms with E-state index in [2.05, 4.69) is 33.9 Å². The van der Waals surface area contributed by atoms with Crippen LogP contribution in [0.5, 0.6) is 0 Å². The lowest BCUT2D eigenvalue weighted by Crippen LogP contribution is -2.60. The SMILES string of the molecule is CC(C)(C)OC(=O)N1CC[C@H](O[Si](C)(C)C(C)(C)C)[C@@]1(C)C(=O)O. The van der Waals surface area contributed by atoms with Gasteiger partial charge < -0.3 is 14.3 Å². The molecule has 1 N–H and O–H groups in total. The van der Waals surface area contributed by atoms with Gasteiger partial charge in [-0.05, 0) is 52.2 Å². The Labute approximate surface area is 146 Å². The summed E-state index contributed by atoms with van der Waals surface area (Å²) in [5.74, 6) is -1.06. The number of hydrogen-bond donors (Lipinski definition) is 1. The Kier molecular flexibility index (Phi) is 5.53. The number of carbonyl (C=O) groups excluding carboxylic acids is 1. The summed E-state index contributed by atoms with van der Waals surface area (Å²) >= 11 is 0. The number of likely N-dealkylation sites (tertiary alicyclic amines) is 1. The number of ether oxygens (including phenoxy) is 1. The molecule has 24 heavy (non-hydrogen) atoms. The van der Waals surface area contributed by atoms with Crippen LogP contribution in [0.1, 0.15) is 54.9 Å². The molecule has 0 spiro atoms. The van der Waals surface area contributed by atoms with Gasteiger partial charge in [-0.2, -0.15) is 0 Å². The average Bonchev–Trinajstić information content (AvgIpc) is 2.64. The summed E-state index contributed by atoms with van der Waals surface area (Å²) in [4.78, 5) is 25.8. The largest absolute Gasteiger partial charge is 0.479 e. The lowest BCUT2D eigenvalue weighted by atomic mass is 9.96. The number of carboxylic acid groups (broad SMARTS) is 1. The zero-order chi connectivity index (χ0) is 19.1. The second kappa shape index (κ2) is 6.33. The zero-order valence-electron chi connectivity index (χ0n) is 16.5. The van der Waals surface area contributed by atoms with E-state index in [0.717, 1.165) is 0 Å². The van der Waals surface area contributed by atoms with Gasteiger partial charge in [0.1, 0.15) is 5.60 Å². The van der Waals surface area contributed by atoms with Gasteiger partial charge in [0.25, 0.3) is 0 Å². The van der Waals surface area contributed by atoms with Crippen LogP contribution in [0.25, 0.3) is 0 Å². The fourth-order valence-corrected chi connectivity index (χ4v) is 3.90. The van der Waals surface area contributed by atoms with Crippen LogP contribution >= 0.6 is 0 Å². The van der Waals surface area contributed by atoms with E-state index in [-0.39, 0.29) is 5.04 Å². The highest BCUT2D eigenvalue weighted by molar-refractivity contribution is 6.74. The number of amides is 1. The Balaban J connectivity index is 3.10. The van der Waals surface area contributed by atoms with E-state index in [4.69, 9.17) is 9.16 Å². The van der Waals surface area contributed by atoms with E-state index in [1.165, 1.54) is 4.90 Å². The summed E-state index contributed by atoms with van der Waals surface area (Å²) < 4.78 is 11.8. The first kappa shape index (κ1) is 21.0. The van der Waals surface area contributed by atoms with Crippen molar-refractivity contribution < 1.29 is 23.9 Å². The molecule has 6 nitrogen and oxygen atoms in total. The highest BCUT2D eigenvalue weighted by Crippen LogP contribution is 2.42.